The van der Waals surface area contributed by atoms with E-state index in [-0.39, 0.29) is 5.25 Å². The highest BCUT2D eigenvalue weighted by Crippen LogP contribution is 2.29. The van der Waals surface area contributed by atoms with Gasteiger partial charge in [-0.1, -0.05) is 0 Å². The molecule has 3 aliphatic rings. The van der Waals surface area contributed by atoms with Crippen molar-refractivity contribution in [3.05, 3.63) is 0 Å². The Kier molecular flexibility index (Phi) is 4.95. The van der Waals surface area contributed by atoms with Gasteiger partial charge in [-0.2, -0.15) is 11.8 Å². The Hall–Kier alpha value is 0.220. The topological polar surface area (TPSA) is 49.4 Å². The molecule has 2 saturated heterocycles. The first-order chi connectivity index (χ1) is 9.65. The molecular weight excluding hydrogens is 292 g/mol. The summed E-state index contributed by atoms with van der Waals surface area (Å²) in [6.07, 6.45) is 6.68. The Morgan fingerprint density at radius 3 is 2.25 bits per heavy atom. The summed E-state index contributed by atoms with van der Waals surface area (Å²) in [5.74, 6) is 3.16. The number of piperidine rings is 1. The smallest absolute Gasteiger partial charge is 0.214 e. The van der Waals surface area contributed by atoms with Crippen LogP contribution in [0.15, 0.2) is 0 Å². The van der Waals surface area contributed by atoms with Crippen LogP contribution in [0.1, 0.15) is 38.5 Å². The van der Waals surface area contributed by atoms with Crippen LogP contribution in [0.4, 0.5) is 0 Å². The lowest BCUT2D eigenvalue weighted by molar-refractivity contribution is 0.127. The lowest BCUT2D eigenvalue weighted by Crippen LogP contribution is -2.45. The summed E-state index contributed by atoms with van der Waals surface area (Å²) < 4.78 is 26.5. The summed E-state index contributed by atoms with van der Waals surface area (Å²) in [7, 11) is -2.99. The third kappa shape index (κ3) is 3.90. The zero-order valence-corrected chi connectivity index (χ0v) is 13.7. The summed E-state index contributed by atoms with van der Waals surface area (Å²) in [5, 5.41) is -0.0812. The highest BCUT2D eigenvalue weighted by atomic mass is 32.2. The maximum absolute atomic E-state index is 11.8. The van der Waals surface area contributed by atoms with Gasteiger partial charge in [0, 0.05) is 12.6 Å². The van der Waals surface area contributed by atoms with E-state index >= 15 is 0 Å². The number of nitrogens with zero attached hydrogens (tertiary/aromatic N) is 1. The fourth-order valence-electron chi connectivity index (χ4n) is 3.30. The van der Waals surface area contributed by atoms with Crippen molar-refractivity contribution in [3.63, 3.8) is 0 Å². The van der Waals surface area contributed by atoms with Gasteiger partial charge >= 0.3 is 0 Å². The molecule has 6 heteroatoms. The van der Waals surface area contributed by atoms with Crippen molar-refractivity contribution in [3.8, 4) is 0 Å². The second kappa shape index (κ2) is 6.55. The molecule has 0 aromatic rings. The van der Waals surface area contributed by atoms with Crippen molar-refractivity contribution >= 4 is 21.8 Å². The molecular formula is C14H26N2O2S2. The van der Waals surface area contributed by atoms with Crippen molar-refractivity contribution in [2.24, 2.45) is 5.92 Å². The van der Waals surface area contributed by atoms with Crippen molar-refractivity contribution in [2.45, 2.75) is 49.8 Å². The van der Waals surface area contributed by atoms with E-state index in [0.717, 1.165) is 44.8 Å². The molecule has 116 valence electrons. The second-order valence-corrected chi connectivity index (χ2v) is 9.69. The predicted molar refractivity (Wildman–Crippen MR) is 84.6 cm³/mol. The zero-order valence-electron chi connectivity index (χ0n) is 12.1. The molecule has 0 amide bonds. The number of sulfonamides is 1. The van der Waals surface area contributed by atoms with Crippen molar-refractivity contribution < 1.29 is 8.42 Å². The van der Waals surface area contributed by atoms with Crippen LogP contribution in [0.5, 0.6) is 0 Å². The van der Waals surface area contributed by atoms with Crippen molar-refractivity contribution in [1.82, 2.24) is 9.62 Å². The van der Waals surface area contributed by atoms with E-state index in [1.165, 1.54) is 24.3 Å². The van der Waals surface area contributed by atoms with E-state index in [1.807, 2.05) is 0 Å². The van der Waals surface area contributed by atoms with Crippen molar-refractivity contribution in [2.75, 3.05) is 31.1 Å². The molecule has 0 bridgehead atoms. The standard InChI is InChI=1S/C14H26N2O2S2/c17-20(18,14-1-2-14)15-11-12-3-7-16(8-4-12)13-5-9-19-10-6-13/h12-15H,1-11H2. The van der Waals surface area contributed by atoms with E-state index in [9.17, 15) is 8.42 Å². The summed E-state index contributed by atoms with van der Waals surface area (Å²) in [5.41, 5.74) is 0. The van der Waals surface area contributed by atoms with Crippen molar-refractivity contribution in [1.29, 1.82) is 0 Å². The first-order valence-electron chi connectivity index (χ1n) is 7.95. The predicted octanol–water partition coefficient (Wildman–Crippen LogP) is 1.68. The molecule has 3 fully saturated rings. The molecule has 1 saturated carbocycles. The summed E-state index contributed by atoms with van der Waals surface area (Å²) in [6, 6.07) is 0.792. The Labute approximate surface area is 127 Å². The molecule has 0 atom stereocenters. The average Bonchev–Trinajstić information content (AvgIpc) is 3.32. The molecule has 0 aromatic carbocycles. The van der Waals surface area contributed by atoms with E-state index < -0.39 is 10.0 Å². The minimum Gasteiger partial charge on any atom is -0.300 e. The quantitative estimate of drug-likeness (QED) is 0.838. The van der Waals surface area contributed by atoms with Gasteiger partial charge in [0.05, 0.1) is 5.25 Å². The number of hydrogen-bond donors (Lipinski definition) is 1. The van der Waals surface area contributed by atoms with Gasteiger partial charge in [0.25, 0.3) is 0 Å². The van der Waals surface area contributed by atoms with Crippen LogP contribution in [-0.4, -0.2) is 55.7 Å². The van der Waals surface area contributed by atoms with Gasteiger partial charge in [-0.3, -0.25) is 0 Å². The van der Waals surface area contributed by atoms with E-state index in [4.69, 9.17) is 0 Å². The van der Waals surface area contributed by atoms with Gasteiger partial charge in [-0.25, -0.2) is 13.1 Å². The van der Waals surface area contributed by atoms with Crippen LogP contribution < -0.4 is 4.72 Å². The lowest BCUT2D eigenvalue weighted by Gasteiger charge is -2.39. The third-order valence-corrected chi connectivity index (χ3v) is 7.86. The molecule has 2 heterocycles. The van der Waals surface area contributed by atoms with Crippen LogP contribution in [-0.2, 0) is 10.0 Å². The molecule has 0 aromatic heterocycles. The van der Waals surface area contributed by atoms with Gasteiger partial charge in [0.15, 0.2) is 0 Å². The molecule has 3 rings (SSSR count). The average molecular weight is 319 g/mol. The maximum atomic E-state index is 11.8. The van der Waals surface area contributed by atoms with E-state index in [1.54, 1.807) is 0 Å². The first kappa shape index (κ1) is 15.1. The number of rotatable bonds is 5. The Balaban J connectivity index is 1.39. The number of thioether (sulfide) groups is 1. The first-order valence-corrected chi connectivity index (χ1v) is 10.7. The third-order valence-electron chi connectivity index (χ3n) is 4.89. The Morgan fingerprint density at radius 2 is 1.65 bits per heavy atom. The highest BCUT2D eigenvalue weighted by molar-refractivity contribution is 7.99. The van der Waals surface area contributed by atoms with Gasteiger partial charge < -0.3 is 4.90 Å². The van der Waals surface area contributed by atoms with Gasteiger partial charge in [0.2, 0.25) is 10.0 Å². The van der Waals surface area contributed by atoms with Gasteiger partial charge in [-0.15, -0.1) is 0 Å². The second-order valence-electron chi connectivity index (χ2n) is 6.42. The van der Waals surface area contributed by atoms with Crippen LogP contribution in [0.3, 0.4) is 0 Å². The fourth-order valence-corrected chi connectivity index (χ4v) is 5.84. The Bertz CT molecular complexity index is 409. The van der Waals surface area contributed by atoms with Crippen LogP contribution in [0.25, 0.3) is 0 Å². The van der Waals surface area contributed by atoms with Crippen LogP contribution in [0.2, 0.25) is 0 Å². The van der Waals surface area contributed by atoms with Crippen LogP contribution in [0, 0.1) is 5.92 Å². The largest absolute Gasteiger partial charge is 0.300 e. The highest BCUT2D eigenvalue weighted by Gasteiger charge is 2.36. The van der Waals surface area contributed by atoms with Gasteiger partial charge in [-0.05, 0) is 69.0 Å². The summed E-state index contributed by atoms with van der Waals surface area (Å²) in [4.78, 5) is 2.64. The van der Waals surface area contributed by atoms with E-state index in [2.05, 4.69) is 21.4 Å². The number of hydrogen-bond acceptors (Lipinski definition) is 4. The number of likely N-dealkylation sites (tertiary alicyclic amines) is 1. The molecule has 20 heavy (non-hydrogen) atoms. The lowest BCUT2D eigenvalue weighted by atomic mass is 9.95. The molecule has 0 spiro atoms. The summed E-state index contributed by atoms with van der Waals surface area (Å²) >= 11 is 2.08. The molecule has 2 aliphatic heterocycles. The monoisotopic (exact) mass is 318 g/mol. The van der Waals surface area contributed by atoms with Crippen LogP contribution >= 0.6 is 11.8 Å². The normalized spacial score (nSPS) is 27.8. The fraction of sp³-hybridized carbons (Fsp3) is 1.00. The molecule has 1 aliphatic carbocycles. The van der Waals surface area contributed by atoms with Gasteiger partial charge in [0.1, 0.15) is 0 Å². The van der Waals surface area contributed by atoms with E-state index in [0.29, 0.717) is 12.5 Å². The maximum Gasteiger partial charge on any atom is 0.214 e. The minimum atomic E-state index is -2.99. The molecule has 4 nitrogen and oxygen atoms in total. The zero-order chi connectivity index (χ0) is 14.0. The SMILES string of the molecule is O=S(=O)(NCC1CCN(C2CCSCC2)CC1)C1CC1. The molecule has 0 radical (unpaired) electrons. The number of nitrogens with one attached hydrogen (secondary N) is 1. The Morgan fingerprint density at radius 1 is 1.00 bits per heavy atom. The molecule has 0 unspecified atom stereocenters. The minimum absolute atomic E-state index is 0.0812. The summed E-state index contributed by atoms with van der Waals surface area (Å²) in [6.45, 7) is 2.98. The molecule has 1 N–H and O–H groups in total.